The highest BCUT2D eigenvalue weighted by Gasteiger charge is 2.54. The molecule has 6 heteroatoms. The average molecular weight is 227 g/mol. The van der Waals surface area contributed by atoms with Gasteiger partial charge < -0.3 is 9.84 Å². The minimum Gasteiger partial charge on any atom is -0.480 e. The number of ketones is 1. The number of carboxylic acid groups (broad SMARTS) is 1. The molecule has 3 unspecified atom stereocenters. The first kappa shape index (κ1) is 10.9. The second-order valence-electron chi connectivity index (χ2n) is 4.20. The molecule has 0 aromatic carbocycles. The molecular weight excluding hydrogens is 214 g/mol. The zero-order valence-corrected chi connectivity index (χ0v) is 8.88. The van der Waals surface area contributed by atoms with E-state index >= 15 is 0 Å². The number of nitrogens with zero attached hydrogens (tertiary/aromatic N) is 1. The number of Topliss-reactive ketones (excluding diaryl/α,β-unsaturated/α-hetero) is 1. The fraction of sp³-hybridized carbons (Fsp3) is 0.700. The third kappa shape index (κ3) is 1.45. The quantitative estimate of drug-likeness (QED) is 0.687. The largest absolute Gasteiger partial charge is 0.480 e. The Bertz CT molecular complexity index is 353. The molecule has 2 aliphatic rings. The summed E-state index contributed by atoms with van der Waals surface area (Å²) in [7, 11) is 1.21. The smallest absolute Gasteiger partial charge is 0.410 e. The highest BCUT2D eigenvalue weighted by molar-refractivity contribution is 5.93. The number of fused-ring (bicyclic) bond motifs is 1. The van der Waals surface area contributed by atoms with Gasteiger partial charge in [-0.2, -0.15) is 0 Å². The van der Waals surface area contributed by atoms with Crippen LogP contribution in [0.2, 0.25) is 0 Å². The third-order valence-corrected chi connectivity index (χ3v) is 3.41. The fourth-order valence-corrected chi connectivity index (χ4v) is 2.73. The molecule has 0 spiro atoms. The summed E-state index contributed by atoms with van der Waals surface area (Å²) >= 11 is 0. The first-order chi connectivity index (χ1) is 7.56. The van der Waals surface area contributed by atoms with E-state index in [9.17, 15) is 14.4 Å². The van der Waals surface area contributed by atoms with Crippen molar-refractivity contribution in [2.24, 2.45) is 11.8 Å². The standard InChI is InChI=1S/C10H13NO5/c1-16-10(15)11-4-5-2-3-6(12)7(5)8(11)9(13)14/h5,7-8H,2-4H2,1H3,(H,13,14). The summed E-state index contributed by atoms with van der Waals surface area (Å²) in [5.41, 5.74) is 0. The topological polar surface area (TPSA) is 83.9 Å². The molecule has 1 aliphatic carbocycles. The number of aliphatic carboxylic acids is 1. The lowest BCUT2D eigenvalue weighted by atomic mass is 9.93. The molecule has 0 aromatic rings. The lowest BCUT2D eigenvalue weighted by Crippen LogP contribution is -2.44. The van der Waals surface area contributed by atoms with Gasteiger partial charge in [0.25, 0.3) is 0 Å². The number of amides is 1. The highest BCUT2D eigenvalue weighted by Crippen LogP contribution is 2.40. The average Bonchev–Trinajstić information content (AvgIpc) is 2.77. The Morgan fingerprint density at radius 1 is 1.50 bits per heavy atom. The number of hydrogen-bond acceptors (Lipinski definition) is 4. The van der Waals surface area contributed by atoms with E-state index in [1.165, 1.54) is 7.11 Å². The molecule has 1 saturated heterocycles. The molecule has 2 fully saturated rings. The number of hydrogen-bond donors (Lipinski definition) is 1. The van der Waals surface area contributed by atoms with Crippen molar-refractivity contribution in [1.29, 1.82) is 0 Å². The second-order valence-corrected chi connectivity index (χ2v) is 4.20. The number of methoxy groups -OCH3 is 1. The van der Waals surface area contributed by atoms with E-state index in [4.69, 9.17) is 5.11 Å². The molecule has 1 N–H and O–H groups in total. The van der Waals surface area contributed by atoms with Crippen LogP contribution in [-0.4, -0.2) is 47.5 Å². The van der Waals surface area contributed by atoms with Crippen LogP contribution in [0.15, 0.2) is 0 Å². The van der Waals surface area contributed by atoms with E-state index in [1.54, 1.807) is 0 Å². The normalized spacial score (nSPS) is 32.7. The Hall–Kier alpha value is -1.59. The van der Waals surface area contributed by atoms with Crippen LogP contribution < -0.4 is 0 Å². The van der Waals surface area contributed by atoms with Crippen molar-refractivity contribution < 1.29 is 24.2 Å². The lowest BCUT2D eigenvalue weighted by molar-refractivity contribution is -0.145. The van der Waals surface area contributed by atoms with E-state index in [0.29, 0.717) is 19.4 Å². The van der Waals surface area contributed by atoms with Crippen molar-refractivity contribution in [1.82, 2.24) is 4.90 Å². The number of ether oxygens (including phenoxy) is 1. The Morgan fingerprint density at radius 3 is 2.75 bits per heavy atom. The third-order valence-electron chi connectivity index (χ3n) is 3.41. The summed E-state index contributed by atoms with van der Waals surface area (Å²) in [6, 6.07) is -1.05. The fourth-order valence-electron chi connectivity index (χ4n) is 2.73. The summed E-state index contributed by atoms with van der Waals surface area (Å²) in [4.78, 5) is 35.2. The van der Waals surface area contributed by atoms with Crippen molar-refractivity contribution >= 4 is 17.8 Å². The molecule has 0 bridgehead atoms. The Kier molecular flexibility index (Phi) is 2.57. The van der Waals surface area contributed by atoms with Crippen LogP contribution in [0.25, 0.3) is 0 Å². The summed E-state index contributed by atoms with van der Waals surface area (Å²) in [5, 5.41) is 9.09. The van der Waals surface area contributed by atoms with Crippen molar-refractivity contribution in [2.75, 3.05) is 13.7 Å². The van der Waals surface area contributed by atoms with E-state index in [1.807, 2.05) is 0 Å². The monoisotopic (exact) mass is 227 g/mol. The molecule has 1 heterocycles. The predicted octanol–water partition coefficient (Wildman–Crippen LogP) is 0.117. The minimum absolute atomic E-state index is 0.0206. The maximum Gasteiger partial charge on any atom is 0.410 e. The first-order valence-corrected chi connectivity index (χ1v) is 5.16. The van der Waals surface area contributed by atoms with E-state index < -0.39 is 24.0 Å². The van der Waals surface area contributed by atoms with Crippen LogP contribution in [0, 0.1) is 11.8 Å². The molecule has 0 aromatic heterocycles. The van der Waals surface area contributed by atoms with Gasteiger partial charge in [-0.3, -0.25) is 9.69 Å². The maximum atomic E-state index is 11.6. The van der Waals surface area contributed by atoms with Crippen molar-refractivity contribution in [3.63, 3.8) is 0 Å². The van der Waals surface area contributed by atoms with Crippen molar-refractivity contribution in [3.8, 4) is 0 Å². The number of likely N-dealkylation sites (tertiary alicyclic amines) is 1. The van der Waals surface area contributed by atoms with Gasteiger partial charge in [-0.1, -0.05) is 0 Å². The van der Waals surface area contributed by atoms with Crippen molar-refractivity contribution in [2.45, 2.75) is 18.9 Å². The second kappa shape index (κ2) is 3.77. The molecule has 0 radical (unpaired) electrons. The Morgan fingerprint density at radius 2 is 2.19 bits per heavy atom. The molecule has 3 atom stereocenters. The molecule has 1 saturated carbocycles. The SMILES string of the molecule is COC(=O)N1CC2CCC(=O)C2C1C(=O)O. The molecular formula is C10H13NO5. The van der Waals surface area contributed by atoms with Gasteiger partial charge in [-0.15, -0.1) is 0 Å². The van der Waals surface area contributed by atoms with Crippen LogP contribution in [0.5, 0.6) is 0 Å². The molecule has 16 heavy (non-hydrogen) atoms. The highest BCUT2D eigenvalue weighted by atomic mass is 16.5. The van der Waals surface area contributed by atoms with Crippen LogP contribution in [0.3, 0.4) is 0 Å². The Labute approximate surface area is 92.2 Å². The first-order valence-electron chi connectivity index (χ1n) is 5.16. The molecule has 1 aliphatic heterocycles. The summed E-state index contributed by atoms with van der Waals surface area (Å²) in [5.74, 6) is -1.75. The summed E-state index contributed by atoms with van der Waals surface area (Å²) in [6.45, 7) is 0.306. The predicted molar refractivity (Wildman–Crippen MR) is 51.8 cm³/mol. The van der Waals surface area contributed by atoms with Gasteiger partial charge in [0.05, 0.1) is 13.0 Å². The van der Waals surface area contributed by atoms with Gasteiger partial charge in [-0.05, 0) is 12.3 Å². The molecule has 2 rings (SSSR count). The minimum atomic E-state index is -1.13. The van der Waals surface area contributed by atoms with Gasteiger partial charge >= 0.3 is 12.1 Å². The van der Waals surface area contributed by atoms with E-state index in [2.05, 4.69) is 4.74 Å². The van der Waals surface area contributed by atoms with Gasteiger partial charge in [0.1, 0.15) is 11.8 Å². The van der Waals surface area contributed by atoms with Gasteiger partial charge in [-0.25, -0.2) is 9.59 Å². The molecule has 88 valence electrons. The van der Waals surface area contributed by atoms with Crippen LogP contribution in [0.1, 0.15) is 12.8 Å². The van der Waals surface area contributed by atoms with Crippen LogP contribution in [-0.2, 0) is 14.3 Å². The number of carboxylic acids is 1. The summed E-state index contributed by atoms with van der Waals surface area (Å²) < 4.78 is 4.53. The van der Waals surface area contributed by atoms with Crippen LogP contribution >= 0.6 is 0 Å². The van der Waals surface area contributed by atoms with Crippen LogP contribution in [0.4, 0.5) is 4.79 Å². The zero-order valence-electron chi connectivity index (χ0n) is 8.88. The van der Waals surface area contributed by atoms with E-state index in [0.717, 1.165) is 4.90 Å². The van der Waals surface area contributed by atoms with Gasteiger partial charge in [0.15, 0.2) is 0 Å². The van der Waals surface area contributed by atoms with E-state index in [-0.39, 0.29) is 11.7 Å². The number of carbonyl (C=O) groups is 3. The lowest BCUT2D eigenvalue weighted by Gasteiger charge is -2.22. The summed E-state index contributed by atoms with van der Waals surface area (Å²) in [6.07, 6.45) is 0.420. The van der Waals surface area contributed by atoms with Crippen molar-refractivity contribution in [3.05, 3.63) is 0 Å². The van der Waals surface area contributed by atoms with Gasteiger partial charge in [0.2, 0.25) is 0 Å². The van der Waals surface area contributed by atoms with Gasteiger partial charge in [0, 0.05) is 13.0 Å². The maximum absolute atomic E-state index is 11.6. The molecule has 1 amide bonds. The number of rotatable bonds is 1. The molecule has 6 nitrogen and oxygen atoms in total. The zero-order chi connectivity index (χ0) is 11.9. The Balaban J connectivity index is 2.27. The number of carbonyl (C=O) groups excluding carboxylic acids is 2.